The fourth-order valence-electron chi connectivity index (χ4n) is 5.48. The number of hydrogen-bond donors (Lipinski definition) is 0. The Bertz CT molecular complexity index is 872. The molecule has 8 heteroatoms. The zero-order chi connectivity index (χ0) is 29.0. The van der Waals surface area contributed by atoms with Gasteiger partial charge < -0.3 is 28.4 Å². The lowest BCUT2D eigenvalue weighted by Gasteiger charge is -2.52. The quantitative estimate of drug-likeness (QED) is 0.111. The third-order valence-corrected chi connectivity index (χ3v) is 8.83. The molecule has 0 N–H and O–H groups in total. The Labute approximate surface area is 256 Å². The Morgan fingerprint density at radius 3 is 2.08 bits per heavy atom. The first kappa shape index (κ1) is 34.2. The second-order valence-electron chi connectivity index (χ2n) is 11.0. The van der Waals surface area contributed by atoms with Gasteiger partial charge in [-0.3, -0.25) is 0 Å². The molecule has 0 aromatic heterocycles. The van der Waals surface area contributed by atoms with Crippen LogP contribution in [-0.2, 0) is 46.1 Å². The Hall–Kier alpha value is -0.250. The standard InChI is InChI=1S/C32H52BrClO6/c1-6-11-15-35-27(10-5)28-29(36-16-12-7-2)30(37-17-13-8-3)31(38-18-14-9-4)32(40-28)25-19-23(21-33)26(34)20-24(25)22-39-32/h19-20,27-31H,6-18,21-22H2,1-5H3/t27-,28-,29-,30+,31-,32+/m1/s1. The summed E-state index contributed by atoms with van der Waals surface area (Å²) in [5.41, 5.74) is 2.99. The third-order valence-electron chi connectivity index (χ3n) is 7.88. The molecule has 0 amide bonds. The molecule has 0 aliphatic carbocycles. The van der Waals surface area contributed by atoms with Crippen LogP contribution in [0.2, 0.25) is 5.02 Å². The summed E-state index contributed by atoms with van der Waals surface area (Å²) >= 11 is 10.2. The average molecular weight is 648 g/mol. The highest BCUT2D eigenvalue weighted by molar-refractivity contribution is 9.08. The Morgan fingerprint density at radius 2 is 1.48 bits per heavy atom. The molecule has 0 unspecified atom stereocenters. The van der Waals surface area contributed by atoms with Gasteiger partial charge >= 0.3 is 0 Å². The molecule has 6 atom stereocenters. The lowest BCUT2D eigenvalue weighted by Crippen LogP contribution is -2.67. The molecular weight excluding hydrogens is 596 g/mol. The summed E-state index contributed by atoms with van der Waals surface area (Å²) < 4.78 is 40.5. The van der Waals surface area contributed by atoms with Crippen molar-refractivity contribution in [1.82, 2.24) is 0 Å². The van der Waals surface area contributed by atoms with Crippen LogP contribution in [0.1, 0.15) is 109 Å². The van der Waals surface area contributed by atoms with Crippen LogP contribution in [0, 0.1) is 0 Å². The van der Waals surface area contributed by atoms with Gasteiger partial charge in [0, 0.05) is 42.3 Å². The first-order chi connectivity index (χ1) is 19.5. The van der Waals surface area contributed by atoms with Crippen LogP contribution in [0.4, 0.5) is 0 Å². The summed E-state index contributed by atoms with van der Waals surface area (Å²) in [5, 5.41) is 1.36. The molecule has 0 saturated carbocycles. The molecule has 0 bridgehead atoms. The minimum Gasteiger partial charge on any atom is -0.375 e. The van der Waals surface area contributed by atoms with Crippen LogP contribution in [0.25, 0.3) is 0 Å². The molecule has 1 saturated heterocycles. The van der Waals surface area contributed by atoms with E-state index in [4.69, 9.17) is 40.0 Å². The van der Waals surface area contributed by atoms with E-state index in [-0.39, 0.29) is 24.4 Å². The molecule has 3 rings (SSSR count). The summed E-state index contributed by atoms with van der Waals surface area (Å²) in [6.45, 7) is 13.8. The number of ether oxygens (including phenoxy) is 6. The Morgan fingerprint density at radius 1 is 0.875 bits per heavy atom. The second-order valence-corrected chi connectivity index (χ2v) is 11.9. The zero-order valence-electron chi connectivity index (χ0n) is 25.4. The van der Waals surface area contributed by atoms with Crippen LogP contribution < -0.4 is 0 Å². The van der Waals surface area contributed by atoms with Gasteiger partial charge in [0.2, 0.25) is 5.79 Å². The maximum Gasteiger partial charge on any atom is 0.225 e. The van der Waals surface area contributed by atoms with E-state index in [1.54, 1.807) is 0 Å². The Balaban J connectivity index is 2.13. The molecule has 1 fully saturated rings. The van der Waals surface area contributed by atoms with E-state index in [0.29, 0.717) is 38.4 Å². The summed E-state index contributed by atoms with van der Waals surface area (Å²) in [4.78, 5) is 0. The van der Waals surface area contributed by atoms with Crippen LogP contribution >= 0.6 is 27.5 Å². The lowest BCUT2D eigenvalue weighted by atomic mass is 9.84. The minimum atomic E-state index is -1.14. The summed E-state index contributed by atoms with van der Waals surface area (Å²) in [7, 11) is 0. The van der Waals surface area contributed by atoms with Gasteiger partial charge in [-0.05, 0) is 55.4 Å². The topological polar surface area (TPSA) is 55.4 Å². The molecule has 0 radical (unpaired) electrons. The fourth-order valence-corrected chi connectivity index (χ4v) is 6.36. The van der Waals surface area contributed by atoms with Crippen molar-refractivity contribution in [3.63, 3.8) is 0 Å². The highest BCUT2D eigenvalue weighted by Crippen LogP contribution is 2.50. The largest absolute Gasteiger partial charge is 0.375 e. The van der Waals surface area contributed by atoms with E-state index in [2.05, 4.69) is 56.6 Å². The predicted octanol–water partition coefficient (Wildman–Crippen LogP) is 8.47. The van der Waals surface area contributed by atoms with Crippen LogP contribution in [-0.4, -0.2) is 56.9 Å². The monoisotopic (exact) mass is 646 g/mol. The van der Waals surface area contributed by atoms with Gasteiger partial charge in [0.05, 0.1) is 12.7 Å². The van der Waals surface area contributed by atoms with Crippen molar-refractivity contribution in [3.05, 3.63) is 33.8 Å². The maximum atomic E-state index is 7.17. The zero-order valence-corrected chi connectivity index (χ0v) is 27.7. The van der Waals surface area contributed by atoms with Gasteiger partial charge in [-0.25, -0.2) is 0 Å². The number of hydrogen-bond acceptors (Lipinski definition) is 6. The van der Waals surface area contributed by atoms with Gasteiger partial charge in [-0.1, -0.05) is 87.8 Å². The first-order valence-electron chi connectivity index (χ1n) is 15.7. The van der Waals surface area contributed by atoms with E-state index in [9.17, 15) is 0 Å². The molecule has 230 valence electrons. The molecule has 2 aliphatic rings. The first-order valence-corrected chi connectivity index (χ1v) is 17.2. The van der Waals surface area contributed by atoms with Crippen LogP contribution in [0.15, 0.2) is 12.1 Å². The molecule has 1 spiro atoms. The predicted molar refractivity (Wildman–Crippen MR) is 164 cm³/mol. The summed E-state index contributed by atoms with van der Waals surface area (Å²) in [5.74, 6) is -1.14. The average Bonchev–Trinajstić information content (AvgIpc) is 3.30. The second kappa shape index (κ2) is 17.8. The van der Waals surface area contributed by atoms with Crippen molar-refractivity contribution < 1.29 is 28.4 Å². The fraction of sp³-hybridized carbons (Fsp3) is 0.812. The molecule has 40 heavy (non-hydrogen) atoms. The van der Waals surface area contributed by atoms with Crippen molar-refractivity contribution >= 4 is 27.5 Å². The van der Waals surface area contributed by atoms with E-state index < -0.39 is 11.9 Å². The van der Waals surface area contributed by atoms with Crippen molar-refractivity contribution in [1.29, 1.82) is 0 Å². The smallest absolute Gasteiger partial charge is 0.225 e. The van der Waals surface area contributed by atoms with Crippen molar-refractivity contribution in [2.45, 2.75) is 141 Å². The normalized spacial score (nSPS) is 26.9. The minimum absolute atomic E-state index is 0.167. The molecule has 2 heterocycles. The van der Waals surface area contributed by atoms with Gasteiger partial charge in [0.25, 0.3) is 0 Å². The van der Waals surface area contributed by atoms with Crippen LogP contribution in [0.5, 0.6) is 0 Å². The van der Waals surface area contributed by atoms with Gasteiger partial charge in [-0.15, -0.1) is 0 Å². The molecular formula is C32H52BrClO6. The summed E-state index contributed by atoms with van der Waals surface area (Å²) in [6.07, 6.45) is 7.10. The number of benzene rings is 1. The van der Waals surface area contributed by atoms with Crippen molar-refractivity contribution in [3.8, 4) is 0 Å². The Kier molecular flexibility index (Phi) is 15.2. The molecule has 1 aromatic rings. The maximum absolute atomic E-state index is 7.17. The number of unbranched alkanes of at least 4 members (excludes halogenated alkanes) is 4. The number of halogens is 2. The van der Waals surface area contributed by atoms with Gasteiger partial charge in [0.15, 0.2) is 0 Å². The lowest BCUT2D eigenvalue weighted by molar-refractivity contribution is -0.390. The number of fused-ring (bicyclic) bond motifs is 2. The number of alkyl halides is 1. The number of rotatable bonds is 19. The van der Waals surface area contributed by atoms with Gasteiger partial charge in [-0.2, -0.15) is 0 Å². The van der Waals surface area contributed by atoms with E-state index in [1.807, 2.05) is 6.07 Å². The van der Waals surface area contributed by atoms with E-state index in [1.165, 1.54) is 0 Å². The SMILES string of the molecule is CCCCO[C@H]1[C@H](OCCCC)[C@@H](OCCCC)[C@@]2(OCc3cc(Cl)c(CBr)cc32)O[C@@H]1[C@@H](CC)OCCCC. The third kappa shape index (κ3) is 8.22. The molecule has 6 nitrogen and oxygen atoms in total. The molecule has 1 aromatic carbocycles. The highest BCUT2D eigenvalue weighted by atomic mass is 79.9. The van der Waals surface area contributed by atoms with E-state index in [0.717, 1.165) is 79.5 Å². The van der Waals surface area contributed by atoms with Crippen molar-refractivity contribution in [2.75, 3.05) is 26.4 Å². The highest BCUT2D eigenvalue weighted by Gasteiger charge is 2.62. The molecule has 2 aliphatic heterocycles. The summed E-state index contributed by atoms with van der Waals surface area (Å²) in [6, 6.07) is 4.13. The van der Waals surface area contributed by atoms with Gasteiger partial charge in [0.1, 0.15) is 24.4 Å². The van der Waals surface area contributed by atoms with Crippen molar-refractivity contribution in [2.24, 2.45) is 0 Å². The van der Waals surface area contributed by atoms with E-state index >= 15 is 0 Å². The van der Waals surface area contributed by atoms with Crippen LogP contribution in [0.3, 0.4) is 0 Å².